The van der Waals surface area contributed by atoms with Gasteiger partial charge < -0.3 is 28.8 Å². The molecule has 154 valence electrons. The summed E-state index contributed by atoms with van der Waals surface area (Å²) in [6.45, 7) is 1.78. The van der Waals surface area contributed by atoms with Crippen LogP contribution in [-0.2, 0) is 14.3 Å². The smallest absolute Gasteiger partial charge is 0.303 e. The summed E-state index contributed by atoms with van der Waals surface area (Å²) in [6, 6.07) is 8.75. The lowest BCUT2D eigenvalue weighted by molar-refractivity contribution is -0.150. The van der Waals surface area contributed by atoms with E-state index >= 15 is 0 Å². The highest BCUT2D eigenvalue weighted by Gasteiger charge is 2.40. The first-order chi connectivity index (χ1) is 14.0. The minimum absolute atomic E-state index is 0.0281. The van der Waals surface area contributed by atoms with Crippen LogP contribution in [0.2, 0.25) is 0 Å². The summed E-state index contributed by atoms with van der Waals surface area (Å²) in [7, 11) is 4.69. The Balaban J connectivity index is 2.03. The van der Waals surface area contributed by atoms with Crippen LogP contribution in [0.4, 0.5) is 0 Å². The third-order valence-electron chi connectivity index (χ3n) is 4.55. The van der Waals surface area contributed by atoms with Gasteiger partial charge >= 0.3 is 5.97 Å². The second-order valence-electron chi connectivity index (χ2n) is 6.50. The van der Waals surface area contributed by atoms with Gasteiger partial charge in [-0.15, -0.1) is 0 Å². The minimum Gasteiger partial charge on any atom is -0.504 e. The van der Waals surface area contributed by atoms with Crippen LogP contribution in [0.3, 0.4) is 0 Å². The third kappa shape index (κ3) is 4.30. The van der Waals surface area contributed by atoms with E-state index in [0.717, 1.165) is 11.1 Å². The Morgan fingerprint density at radius 1 is 1.14 bits per heavy atom. The third-order valence-corrected chi connectivity index (χ3v) is 4.55. The molecule has 0 saturated heterocycles. The van der Waals surface area contributed by atoms with Crippen molar-refractivity contribution in [3.8, 4) is 23.0 Å². The monoisotopic (exact) mass is 400 g/mol. The molecule has 0 aliphatic carbocycles. The molecule has 0 saturated carbocycles. The van der Waals surface area contributed by atoms with Crippen LogP contribution in [0.25, 0.3) is 6.08 Å². The fraction of sp³-hybridized carbons (Fsp3) is 0.318. The summed E-state index contributed by atoms with van der Waals surface area (Å²) in [6.07, 6.45) is 2.28. The molecule has 0 bridgehead atoms. The number of carbonyl (C=O) groups is 1. The van der Waals surface area contributed by atoms with Crippen molar-refractivity contribution >= 4 is 12.0 Å². The molecule has 3 rings (SSSR count). The van der Waals surface area contributed by atoms with Gasteiger partial charge in [-0.25, -0.2) is 0 Å². The molecule has 1 N–H and O–H groups in total. The summed E-state index contributed by atoms with van der Waals surface area (Å²) in [5, 5.41) is 10.5. The van der Waals surface area contributed by atoms with Crippen LogP contribution in [0.1, 0.15) is 35.8 Å². The molecule has 2 aromatic carbocycles. The Labute approximate surface area is 169 Å². The number of carbonyl (C=O) groups excluding carboxylic acids is 1. The van der Waals surface area contributed by atoms with Crippen LogP contribution in [-0.4, -0.2) is 39.0 Å². The Kier molecular flexibility index (Phi) is 6.29. The number of phenols is 1. The highest BCUT2D eigenvalue weighted by molar-refractivity contribution is 5.68. The van der Waals surface area contributed by atoms with Gasteiger partial charge in [0.05, 0.1) is 20.8 Å². The Bertz CT molecular complexity index is 920. The number of hydrogen-bond acceptors (Lipinski definition) is 7. The molecule has 0 fully saturated rings. The van der Waals surface area contributed by atoms with Gasteiger partial charge in [0.2, 0.25) is 0 Å². The number of benzene rings is 2. The lowest BCUT2D eigenvalue weighted by atomic mass is 9.98. The van der Waals surface area contributed by atoms with Crippen LogP contribution in [0.5, 0.6) is 23.0 Å². The summed E-state index contributed by atoms with van der Waals surface area (Å²) < 4.78 is 27.3. The molecule has 29 heavy (non-hydrogen) atoms. The number of aromatic hydroxyl groups is 1. The van der Waals surface area contributed by atoms with Gasteiger partial charge in [-0.05, 0) is 29.8 Å². The van der Waals surface area contributed by atoms with E-state index in [2.05, 4.69) is 0 Å². The van der Waals surface area contributed by atoms with Crippen molar-refractivity contribution in [1.29, 1.82) is 0 Å². The van der Waals surface area contributed by atoms with Crippen molar-refractivity contribution in [2.75, 3.05) is 27.9 Å². The molecular formula is C22H24O7. The van der Waals surface area contributed by atoms with Gasteiger partial charge in [0.1, 0.15) is 0 Å². The van der Waals surface area contributed by atoms with Crippen LogP contribution < -0.4 is 14.2 Å². The van der Waals surface area contributed by atoms with Crippen LogP contribution >= 0.6 is 0 Å². The molecule has 1 heterocycles. The van der Waals surface area contributed by atoms with Crippen LogP contribution in [0, 0.1) is 0 Å². The van der Waals surface area contributed by atoms with Gasteiger partial charge in [0.25, 0.3) is 0 Å². The van der Waals surface area contributed by atoms with E-state index in [-0.39, 0.29) is 5.75 Å². The van der Waals surface area contributed by atoms with E-state index in [4.69, 9.17) is 23.7 Å². The lowest BCUT2D eigenvalue weighted by Gasteiger charge is -2.20. The zero-order chi connectivity index (χ0) is 21.0. The highest BCUT2D eigenvalue weighted by atomic mass is 16.6. The van der Waals surface area contributed by atoms with Crippen molar-refractivity contribution < 1.29 is 33.6 Å². The second-order valence-corrected chi connectivity index (χ2v) is 6.50. The van der Waals surface area contributed by atoms with Gasteiger partial charge in [-0.1, -0.05) is 18.2 Å². The number of esters is 1. The number of methoxy groups -OCH3 is 3. The minimum atomic E-state index is -0.720. The normalized spacial score (nSPS) is 17.7. The fourth-order valence-corrected chi connectivity index (χ4v) is 3.30. The number of ether oxygens (including phenoxy) is 5. The molecule has 7 nitrogen and oxygen atoms in total. The molecule has 0 radical (unpaired) electrons. The molecule has 2 unspecified atom stereocenters. The summed E-state index contributed by atoms with van der Waals surface area (Å²) in [5.41, 5.74) is 2.06. The Hall–Kier alpha value is -3.19. The molecule has 1 aliphatic rings. The molecule has 0 spiro atoms. The second kappa shape index (κ2) is 8.87. The Morgan fingerprint density at radius 3 is 2.55 bits per heavy atom. The fourth-order valence-electron chi connectivity index (χ4n) is 3.30. The first-order valence-corrected chi connectivity index (χ1v) is 9.06. The van der Waals surface area contributed by atoms with E-state index < -0.39 is 18.2 Å². The maximum atomic E-state index is 11.8. The number of fused-ring (bicyclic) bond motifs is 1. The molecule has 1 aliphatic heterocycles. The molecule has 2 aromatic rings. The summed E-state index contributed by atoms with van der Waals surface area (Å²) in [5.74, 6) is 0.916. The van der Waals surface area contributed by atoms with Crippen molar-refractivity contribution in [2.45, 2.75) is 19.1 Å². The van der Waals surface area contributed by atoms with Gasteiger partial charge in [-0.2, -0.15) is 0 Å². The number of rotatable bonds is 7. The SMILES string of the molecule is COCC=Cc1cc(O)c2c(c1)C(OC(C)=O)C(c1ccc(OC)c(OC)c1)O2. The zero-order valence-electron chi connectivity index (χ0n) is 16.8. The highest BCUT2D eigenvalue weighted by Crippen LogP contribution is 2.52. The van der Waals surface area contributed by atoms with Gasteiger partial charge in [-0.3, -0.25) is 4.79 Å². The summed E-state index contributed by atoms with van der Waals surface area (Å²) in [4.78, 5) is 11.8. The first kappa shape index (κ1) is 20.5. The van der Waals surface area contributed by atoms with Crippen LogP contribution in [0.15, 0.2) is 36.4 Å². The largest absolute Gasteiger partial charge is 0.504 e. The quantitative estimate of drug-likeness (QED) is 0.708. The predicted molar refractivity (Wildman–Crippen MR) is 106 cm³/mol. The summed E-state index contributed by atoms with van der Waals surface area (Å²) >= 11 is 0. The predicted octanol–water partition coefficient (Wildman–Crippen LogP) is 3.81. The molecule has 7 heteroatoms. The number of hydrogen-bond donors (Lipinski definition) is 1. The van der Waals surface area contributed by atoms with Crippen molar-refractivity contribution in [2.24, 2.45) is 0 Å². The van der Waals surface area contributed by atoms with Crippen molar-refractivity contribution in [3.05, 3.63) is 53.1 Å². The number of phenolic OH excluding ortho intramolecular Hbond substituents is 1. The van der Waals surface area contributed by atoms with E-state index in [9.17, 15) is 9.90 Å². The van der Waals surface area contributed by atoms with E-state index in [1.54, 1.807) is 39.5 Å². The van der Waals surface area contributed by atoms with E-state index in [1.807, 2.05) is 24.3 Å². The molecule has 0 aromatic heterocycles. The lowest BCUT2D eigenvalue weighted by Crippen LogP contribution is -2.15. The Morgan fingerprint density at radius 2 is 1.90 bits per heavy atom. The zero-order valence-corrected chi connectivity index (χ0v) is 16.8. The average molecular weight is 400 g/mol. The van der Waals surface area contributed by atoms with E-state index in [0.29, 0.717) is 29.4 Å². The molecule has 0 amide bonds. The van der Waals surface area contributed by atoms with Gasteiger partial charge in [0.15, 0.2) is 35.2 Å². The van der Waals surface area contributed by atoms with Gasteiger partial charge in [0, 0.05) is 25.2 Å². The standard InChI is InChI=1S/C22H24O7/c1-13(23)28-22-16-10-14(6-5-9-25-2)11-17(24)21(16)29-20(22)15-7-8-18(26-3)19(12-15)27-4/h5-8,10-12,20,22,24H,9H2,1-4H3. The maximum Gasteiger partial charge on any atom is 0.303 e. The van der Waals surface area contributed by atoms with E-state index in [1.165, 1.54) is 6.92 Å². The first-order valence-electron chi connectivity index (χ1n) is 9.06. The van der Waals surface area contributed by atoms with Crippen molar-refractivity contribution in [1.82, 2.24) is 0 Å². The molecular weight excluding hydrogens is 376 g/mol. The molecule has 2 atom stereocenters. The van der Waals surface area contributed by atoms with Crippen molar-refractivity contribution in [3.63, 3.8) is 0 Å². The maximum absolute atomic E-state index is 11.8. The topological polar surface area (TPSA) is 83.5 Å². The average Bonchev–Trinajstić information content (AvgIpc) is 3.06.